The fourth-order valence-electron chi connectivity index (χ4n) is 7.92. The van der Waals surface area contributed by atoms with Gasteiger partial charge in [0.2, 0.25) is 0 Å². The highest BCUT2D eigenvalue weighted by Gasteiger charge is 2.46. The molecule has 0 aromatic heterocycles. The smallest absolute Gasteiger partial charge is 0.0619 e. The molecule has 0 unspecified atom stereocenters. The number of hydrogen-bond donors (Lipinski definition) is 0. The van der Waals surface area contributed by atoms with Crippen LogP contribution in [0.3, 0.4) is 0 Å². The van der Waals surface area contributed by atoms with Crippen LogP contribution in [0.25, 0.3) is 22.3 Å². The minimum absolute atomic E-state index is 0.288. The lowest BCUT2D eigenvalue weighted by Gasteiger charge is -2.34. The summed E-state index contributed by atoms with van der Waals surface area (Å²) < 4.78 is 0. The number of benzene rings is 7. The maximum absolute atomic E-state index is 2.39. The van der Waals surface area contributed by atoms with E-state index in [0.717, 1.165) is 0 Å². The van der Waals surface area contributed by atoms with Gasteiger partial charge in [0, 0.05) is 0 Å². The van der Waals surface area contributed by atoms with Gasteiger partial charge in [-0.3, -0.25) is 0 Å². The fourth-order valence-corrected chi connectivity index (χ4v) is 7.92. The van der Waals surface area contributed by atoms with Gasteiger partial charge in [0.25, 0.3) is 0 Å². The van der Waals surface area contributed by atoms with Gasteiger partial charge >= 0.3 is 0 Å². The summed E-state index contributed by atoms with van der Waals surface area (Å²) in [6.07, 6.45) is 0. The topological polar surface area (TPSA) is 0 Å². The van der Waals surface area contributed by atoms with Crippen LogP contribution in [0.1, 0.15) is 89.0 Å². The van der Waals surface area contributed by atoms with Gasteiger partial charge < -0.3 is 0 Å². The molecule has 0 saturated heterocycles. The third kappa shape index (κ3) is 7.74. The highest BCUT2D eigenvalue weighted by molar-refractivity contribution is 5.86. The third-order valence-corrected chi connectivity index (χ3v) is 12.3. The van der Waals surface area contributed by atoms with Crippen LogP contribution < -0.4 is 0 Å². The first-order valence-electron chi connectivity index (χ1n) is 19.8. The average molecular weight is 719 g/mol. The van der Waals surface area contributed by atoms with Crippen LogP contribution in [-0.2, 0) is 5.41 Å². The van der Waals surface area contributed by atoms with E-state index < -0.39 is 0 Å². The third-order valence-electron chi connectivity index (χ3n) is 12.3. The molecule has 0 atom stereocenters. The number of aryl methyl sites for hydroxylation is 12. The van der Waals surface area contributed by atoms with Crippen molar-refractivity contribution in [3.8, 4) is 22.3 Å². The maximum atomic E-state index is 2.39. The Kier molecular flexibility index (Phi) is 11.5. The van der Waals surface area contributed by atoms with E-state index in [9.17, 15) is 0 Å². The molecule has 0 heteroatoms. The molecule has 0 aliphatic heterocycles. The highest BCUT2D eigenvalue weighted by Crippen LogP contribution is 2.56. The van der Waals surface area contributed by atoms with Crippen LogP contribution in [0.2, 0.25) is 0 Å². The predicted octanol–water partition coefficient (Wildman–Crippen LogP) is 14.8. The van der Waals surface area contributed by atoms with Crippen LogP contribution in [0, 0.1) is 83.1 Å². The average Bonchev–Trinajstić information content (AvgIpc) is 3.47. The van der Waals surface area contributed by atoms with Crippen LogP contribution >= 0.6 is 0 Å². The van der Waals surface area contributed by atoms with E-state index in [1.54, 1.807) is 0 Å². The zero-order chi connectivity index (χ0) is 39.6. The molecule has 0 fully saturated rings. The second kappa shape index (κ2) is 16.1. The molecule has 0 spiro atoms. The minimum Gasteiger partial charge on any atom is -0.0619 e. The largest absolute Gasteiger partial charge is 0.0713 e. The Morgan fingerprint density at radius 2 is 0.545 bits per heavy atom. The van der Waals surface area contributed by atoms with Crippen molar-refractivity contribution in [2.75, 3.05) is 0 Å². The van der Waals surface area contributed by atoms with Crippen molar-refractivity contribution in [3.05, 3.63) is 222 Å². The molecule has 1 aliphatic rings. The molecule has 8 rings (SSSR count). The lowest BCUT2D eigenvalue weighted by Crippen LogP contribution is -2.29. The Balaban J connectivity index is 0.000000165. The van der Waals surface area contributed by atoms with Crippen molar-refractivity contribution in [3.63, 3.8) is 0 Å². The maximum Gasteiger partial charge on any atom is 0.0713 e. The zero-order valence-corrected chi connectivity index (χ0v) is 35.2. The van der Waals surface area contributed by atoms with Gasteiger partial charge in [-0.2, -0.15) is 0 Å². The minimum atomic E-state index is -0.288. The normalized spacial score (nSPS) is 12.1. The Morgan fingerprint density at radius 3 is 0.873 bits per heavy atom. The molecule has 0 N–H and O–H groups in total. The van der Waals surface area contributed by atoms with E-state index >= 15 is 0 Å². The Hall–Kier alpha value is -5.46. The first kappa shape index (κ1) is 39.2. The van der Waals surface area contributed by atoms with Crippen LogP contribution in [0.5, 0.6) is 0 Å². The van der Waals surface area contributed by atoms with E-state index in [1.165, 1.54) is 111 Å². The number of rotatable bonds is 3. The molecule has 0 radical (unpaired) electrons. The first-order valence-corrected chi connectivity index (χ1v) is 19.8. The van der Waals surface area contributed by atoms with E-state index in [4.69, 9.17) is 0 Å². The molecule has 0 heterocycles. The lowest BCUT2D eigenvalue weighted by molar-refractivity contribution is 0.765. The molecule has 0 amide bonds. The van der Waals surface area contributed by atoms with Gasteiger partial charge in [0.1, 0.15) is 0 Å². The summed E-state index contributed by atoms with van der Waals surface area (Å²) in [6, 6.07) is 49.7. The van der Waals surface area contributed by atoms with Gasteiger partial charge in [-0.15, -0.1) is 0 Å². The zero-order valence-electron chi connectivity index (χ0n) is 35.2. The summed E-state index contributed by atoms with van der Waals surface area (Å²) >= 11 is 0. The molecule has 0 bridgehead atoms. The van der Waals surface area contributed by atoms with E-state index in [0.29, 0.717) is 0 Å². The summed E-state index contributed by atoms with van der Waals surface area (Å²) in [7, 11) is 0. The van der Waals surface area contributed by atoms with E-state index in [-0.39, 0.29) is 5.41 Å². The number of hydrogen-bond acceptors (Lipinski definition) is 0. The van der Waals surface area contributed by atoms with Crippen LogP contribution in [0.4, 0.5) is 0 Å². The molecular weight excluding hydrogens is 661 g/mol. The molecule has 7 aromatic carbocycles. The van der Waals surface area contributed by atoms with Crippen molar-refractivity contribution in [2.24, 2.45) is 0 Å². The first-order chi connectivity index (χ1) is 26.2. The summed E-state index contributed by atoms with van der Waals surface area (Å²) in [4.78, 5) is 0. The predicted molar refractivity (Wildman–Crippen MR) is 239 cm³/mol. The SMILES string of the molecule is Cc1cc(C)c(C)cc1C.Cc1ccc(-c2ccc(C)c(C)c2)cc1C.Cc1ccc(C2(c3ccc(C)c(C)c3)c3ccccc3-c3ccccc32)cc1C. The quantitative estimate of drug-likeness (QED) is 0.171. The van der Waals surface area contributed by atoms with Crippen LogP contribution in [0.15, 0.2) is 133 Å². The Bertz CT molecular complexity index is 2310. The molecule has 55 heavy (non-hydrogen) atoms. The van der Waals surface area contributed by atoms with Crippen molar-refractivity contribution in [1.82, 2.24) is 0 Å². The Morgan fingerprint density at radius 1 is 0.255 bits per heavy atom. The summed E-state index contributed by atoms with van der Waals surface area (Å²) in [5, 5.41) is 0. The van der Waals surface area contributed by atoms with Gasteiger partial charge in [-0.1, -0.05) is 133 Å². The molecular formula is C55H58. The van der Waals surface area contributed by atoms with Crippen molar-refractivity contribution >= 4 is 0 Å². The monoisotopic (exact) mass is 718 g/mol. The van der Waals surface area contributed by atoms with Crippen LogP contribution in [-0.4, -0.2) is 0 Å². The van der Waals surface area contributed by atoms with E-state index in [1.807, 2.05) is 0 Å². The van der Waals surface area contributed by atoms with E-state index in [2.05, 4.69) is 217 Å². The number of fused-ring (bicyclic) bond motifs is 3. The van der Waals surface area contributed by atoms with Crippen molar-refractivity contribution in [2.45, 2.75) is 88.5 Å². The van der Waals surface area contributed by atoms with Crippen molar-refractivity contribution in [1.29, 1.82) is 0 Å². The highest BCUT2D eigenvalue weighted by atomic mass is 14.5. The summed E-state index contributed by atoms with van der Waals surface area (Å²) in [6.45, 7) is 26.1. The fraction of sp³-hybridized carbons (Fsp3) is 0.236. The lowest BCUT2D eigenvalue weighted by atomic mass is 9.67. The second-order valence-electron chi connectivity index (χ2n) is 16.1. The second-order valence-corrected chi connectivity index (χ2v) is 16.1. The van der Waals surface area contributed by atoms with Gasteiger partial charge in [-0.05, 0) is 194 Å². The van der Waals surface area contributed by atoms with Gasteiger partial charge in [-0.25, -0.2) is 0 Å². The molecule has 0 saturated carbocycles. The standard InChI is InChI=1S/C29H26.C16H18.C10H14/c1-19-13-15-23(17-21(19)3)29(24-16-14-20(2)22(4)18-24)27-11-7-5-9-25(27)26-10-6-8-12-28(26)29;1-11-5-7-15(9-13(11)3)16-8-6-12(2)14(4)10-16;1-7-5-9(3)10(4)6-8(7)2/h5-18H,1-4H3;5-10H,1-4H3;5-6H,1-4H3. The molecule has 1 aliphatic carbocycles. The van der Waals surface area contributed by atoms with Gasteiger partial charge in [0.05, 0.1) is 5.41 Å². The molecule has 0 nitrogen and oxygen atoms in total. The Labute approximate surface area is 332 Å². The molecule has 278 valence electrons. The summed E-state index contributed by atoms with van der Waals surface area (Å²) in [5.74, 6) is 0. The molecule has 7 aromatic rings. The van der Waals surface area contributed by atoms with Crippen molar-refractivity contribution < 1.29 is 0 Å². The van der Waals surface area contributed by atoms with Gasteiger partial charge in [0.15, 0.2) is 0 Å². The summed E-state index contributed by atoms with van der Waals surface area (Å²) in [5.41, 5.74) is 26.8.